The van der Waals surface area contributed by atoms with Gasteiger partial charge in [0.25, 0.3) is 0 Å². The molecule has 0 bridgehead atoms. The van der Waals surface area contributed by atoms with Gasteiger partial charge in [0.05, 0.1) is 22.2 Å². The topological polar surface area (TPSA) is 23.8 Å². The summed E-state index contributed by atoms with van der Waals surface area (Å²) in [5, 5.41) is 9.06. The maximum Gasteiger partial charge on any atom is 0.0840 e. The summed E-state index contributed by atoms with van der Waals surface area (Å²) in [4.78, 5) is 0. The number of nitriles is 1. The average Bonchev–Trinajstić information content (AvgIpc) is 2.68. The molecule has 6 unspecified atom stereocenters. The monoisotopic (exact) mass is 213 g/mol. The number of fused-ring (bicyclic) bond motifs is 1. The lowest BCUT2D eigenvalue weighted by atomic mass is 9.85. The van der Waals surface area contributed by atoms with Gasteiger partial charge in [-0.3, -0.25) is 0 Å². The van der Waals surface area contributed by atoms with Gasteiger partial charge in [-0.2, -0.15) is 5.26 Å². The number of allylic oxidation sites excluding steroid dienone is 2. The first-order valence-corrected chi connectivity index (χ1v) is 5.35. The first kappa shape index (κ1) is 8.15. The molecule has 0 spiro atoms. The van der Waals surface area contributed by atoms with Gasteiger partial charge in [-0.15, -0.1) is 23.2 Å². The molecule has 0 heterocycles. The lowest BCUT2D eigenvalue weighted by Crippen LogP contribution is -2.30. The van der Waals surface area contributed by atoms with Crippen LogP contribution in [0.25, 0.3) is 0 Å². The van der Waals surface area contributed by atoms with Crippen molar-refractivity contribution in [3.8, 4) is 6.07 Å². The van der Waals surface area contributed by atoms with Crippen LogP contribution < -0.4 is 0 Å². The summed E-state index contributed by atoms with van der Waals surface area (Å²) in [6.07, 6.45) is 4.12. The highest BCUT2D eigenvalue weighted by Crippen LogP contribution is 2.80. The Morgan fingerprint density at radius 3 is 2.62 bits per heavy atom. The van der Waals surface area contributed by atoms with E-state index in [1.165, 1.54) is 0 Å². The molecule has 2 fully saturated rings. The van der Waals surface area contributed by atoms with Crippen molar-refractivity contribution in [2.45, 2.75) is 17.7 Å². The fraction of sp³-hybridized carbons (Fsp3) is 0.700. The van der Waals surface area contributed by atoms with Crippen LogP contribution in [0.3, 0.4) is 0 Å². The highest BCUT2D eigenvalue weighted by Gasteiger charge is 2.81. The molecule has 68 valence electrons. The van der Waals surface area contributed by atoms with Crippen LogP contribution in [0.4, 0.5) is 0 Å². The Morgan fingerprint density at radius 2 is 2.08 bits per heavy atom. The van der Waals surface area contributed by atoms with Crippen molar-refractivity contribution in [1.82, 2.24) is 0 Å². The molecule has 1 nitrogen and oxygen atoms in total. The predicted molar refractivity (Wildman–Crippen MR) is 51.6 cm³/mol. The van der Waals surface area contributed by atoms with Gasteiger partial charge in [0.15, 0.2) is 0 Å². The molecule has 3 rings (SSSR count). The Morgan fingerprint density at radius 1 is 1.38 bits per heavy atom. The van der Waals surface area contributed by atoms with Gasteiger partial charge in [-0.1, -0.05) is 19.1 Å². The summed E-state index contributed by atoms with van der Waals surface area (Å²) in [7, 11) is 0. The third kappa shape index (κ3) is 0.592. The molecule has 0 saturated heterocycles. The molecule has 6 atom stereocenters. The van der Waals surface area contributed by atoms with E-state index in [2.05, 4.69) is 19.1 Å². The van der Waals surface area contributed by atoms with Crippen molar-refractivity contribution in [2.75, 3.05) is 0 Å². The molecule has 0 aromatic heterocycles. The average molecular weight is 214 g/mol. The maximum absolute atomic E-state index is 9.10. The van der Waals surface area contributed by atoms with Crippen molar-refractivity contribution in [1.29, 1.82) is 5.26 Å². The van der Waals surface area contributed by atoms with E-state index in [0.29, 0.717) is 11.8 Å². The summed E-state index contributed by atoms with van der Waals surface area (Å²) in [6, 6.07) is 2.39. The van der Waals surface area contributed by atoms with Gasteiger partial charge in [-0.25, -0.2) is 0 Å². The minimum atomic E-state index is -0.257. The zero-order valence-corrected chi connectivity index (χ0v) is 8.68. The Balaban J connectivity index is 2.13. The second kappa shape index (κ2) is 1.92. The predicted octanol–water partition coefficient (Wildman–Crippen LogP) is 2.55. The van der Waals surface area contributed by atoms with Crippen molar-refractivity contribution >= 4 is 23.2 Å². The normalized spacial score (nSPS) is 66.3. The maximum atomic E-state index is 9.10. The minimum Gasteiger partial charge on any atom is -0.197 e. The van der Waals surface area contributed by atoms with Crippen LogP contribution in [0.2, 0.25) is 0 Å². The smallest absolute Gasteiger partial charge is 0.0840 e. The Kier molecular flexibility index (Phi) is 1.20. The molecule has 13 heavy (non-hydrogen) atoms. The Bertz CT molecular complexity index is 358. The summed E-state index contributed by atoms with van der Waals surface area (Å²) in [5.74, 6) is 0.687. The van der Waals surface area contributed by atoms with Crippen LogP contribution in [0.1, 0.15) is 6.92 Å². The van der Waals surface area contributed by atoms with Crippen LogP contribution in [-0.2, 0) is 0 Å². The van der Waals surface area contributed by atoms with Crippen molar-refractivity contribution in [3.05, 3.63) is 12.2 Å². The molecule has 0 amide bonds. The quantitative estimate of drug-likeness (QED) is 0.449. The summed E-state index contributed by atoms with van der Waals surface area (Å²) in [5.41, 5.74) is -0.291. The second-order valence-corrected chi connectivity index (χ2v) is 5.57. The molecule has 3 aliphatic rings. The van der Waals surface area contributed by atoms with Crippen LogP contribution in [-0.4, -0.2) is 10.8 Å². The van der Waals surface area contributed by atoms with E-state index in [1.54, 1.807) is 0 Å². The van der Waals surface area contributed by atoms with Gasteiger partial charge in [0, 0.05) is 11.3 Å². The fourth-order valence-corrected chi connectivity index (χ4v) is 4.38. The molecule has 0 aromatic carbocycles. The van der Waals surface area contributed by atoms with E-state index in [9.17, 15) is 0 Å². The number of hydrogen-bond acceptors (Lipinski definition) is 1. The van der Waals surface area contributed by atoms with Gasteiger partial charge in [-0.05, 0) is 5.92 Å². The molecule has 3 heteroatoms. The Hall–Kier alpha value is -0.190. The third-order valence-electron chi connectivity index (χ3n) is 4.12. The lowest BCUT2D eigenvalue weighted by Gasteiger charge is -2.26. The first-order valence-electron chi connectivity index (χ1n) is 4.48. The van der Waals surface area contributed by atoms with E-state index in [0.717, 1.165) is 0 Å². The molecule has 2 saturated carbocycles. The van der Waals surface area contributed by atoms with Crippen LogP contribution in [0.15, 0.2) is 12.2 Å². The molecular weight excluding hydrogens is 205 g/mol. The van der Waals surface area contributed by atoms with Gasteiger partial charge < -0.3 is 0 Å². The van der Waals surface area contributed by atoms with E-state index in [4.69, 9.17) is 28.5 Å². The van der Waals surface area contributed by atoms with E-state index in [-0.39, 0.29) is 21.6 Å². The number of rotatable bonds is 0. The zero-order chi connectivity index (χ0) is 9.43. The number of alkyl halides is 2. The SMILES string of the molecule is CC12C=CC3(C#N)C(C(Cl)C1Cl)C23. The highest BCUT2D eigenvalue weighted by molar-refractivity contribution is 6.31. The van der Waals surface area contributed by atoms with E-state index in [1.807, 2.05) is 6.08 Å². The van der Waals surface area contributed by atoms with Gasteiger partial charge in [0.2, 0.25) is 0 Å². The summed E-state index contributed by atoms with van der Waals surface area (Å²) >= 11 is 12.5. The minimum absolute atomic E-state index is 0.00982. The largest absolute Gasteiger partial charge is 0.197 e. The number of hydrogen-bond donors (Lipinski definition) is 0. The molecule has 0 aliphatic heterocycles. The van der Waals surface area contributed by atoms with E-state index < -0.39 is 0 Å². The van der Waals surface area contributed by atoms with Gasteiger partial charge in [0.1, 0.15) is 0 Å². The van der Waals surface area contributed by atoms with Crippen molar-refractivity contribution in [2.24, 2.45) is 22.7 Å². The molecule has 0 radical (unpaired) electrons. The van der Waals surface area contributed by atoms with Crippen molar-refractivity contribution < 1.29 is 0 Å². The number of nitrogens with zero attached hydrogens (tertiary/aromatic N) is 1. The van der Waals surface area contributed by atoms with Crippen LogP contribution in [0.5, 0.6) is 0 Å². The number of halogens is 2. The lowest BCUT2D eigenvalue weighted by molar-refractivity contribution is 0.377. The molecule has 0 aromatic rings. The third-order valence-corrected chi connectivity index (χ3v) is 5.51. The van der Waals surface area contributed by atoms with Crippen molar-refractivity contribution in [3.63, 3.8) is 0 Å². The standard InChI is InChI=1S/C10H9Cl2N/c1-9-2-3-10(4-13)5(7(9)10)6(11)8(9)12/h2-3,5-8H,1H3. The first-order chi connectivity index (χ1) is 6.08. The molecule has 3 aliphatic carbocycles. The van der Waals surface area contributed by atoms with E-state index >= 15 is 0 Å². The Labute approximate surface area is 87.3 Å². The summed E-state index contributed by atoms with van der Waals surface area (Å²) < 4.78 is 0. The van der Waals surface area contributed by atoms with Crippen LogP contribution >= 0.6 is 23.2 Å². The van der Waals surface area contributed by atoms with Crippen LogP contribution in [0, 0.1) is 34.0 Å². The second-order valence-electron chi connectivity index (χ2n) is 4.59. The fourth-order valence-electron chi connectivity index (χ4n) is 3.39. The summed E-state index contributed by atoms with van der Waals surface area (Å²) in [6.45, 7) is 2.12. The van der Waals surface area contributed by atoms with Gasteiger partial charge >= 0.3 is 0 Å². The zero-order valence-electron chi connectivity index (χ0n) is 7.17. The molecule has 0 N–H and O–H groups in total. The highest BCUT2D eigenvalue weighted by atomic mass is 35.5. The molecular formula is C10H9Cl2N.